The Morgan fingerprint density at radius 1 is 1.50 bits per heavy atom. The van der Waals surface area contributed by atoms with E-state index in [0.717, 1.165) is 4.31 Å². The summed E-state index contributed by atoms with van der Waals surface area (Å²) in [7, 11) is -3.98. The van der Waals surface area contributed by atoms with Crippen LogP contribution in [0.3, 0.4) is 0 Å². The van der Waals surface area contributed by atoms with E-state index in [0.29, 0.717) is 6.54 Å². The zero-order chi connectivity index (χ0) is 12.3. The number of hydrogen-bond donors (Lipinski definition) is 3. The topological polar surface area (TPSA) is 130 Å². The Kier molecular flexibility index (Phi) is 3.83. The highest BCUT2D eigenvalue weighted by molar-refractivity contribution is 7.89. The van der Waals surface area contributed by atoms with Gasteiger partial charge in [-0.1, -0.05) is 0 Å². The first-order chi connectivity index (χ1) is 7.34. The Hall–Kier alpha value is -1.19. The number of carboxylic acid groups (broad SMARTS) is 1. The van der Waals surface area contributed by atoms with Crippen LogP contribution in [0, 0.1) is 0 Å². The summed E-state index contributed by atoms with van der Waals surface area (Å²) in [6.07, 6.45) is 0. The SMILES string of the molecule is NC(=O)C1CNCCN1S(=O)(=O)CC(=O)O. The number of carbonyl (C=O) groups is 2. The van der Waals surface area contributed by atoms with Gasteiger partial charge in [-0.05, 0) is 0 Å². The molecule has 92 valence electrons. The lowest BCUT2D eigenvalue weighted by Crippen LogP contribution is -2.59. The molecule has 16 heavy (non-hydrogen) atoms. The second-order valence-electron chi connectivity index (χ2n) is 3.38. The van der Waals surface area contributed by atoms with Crippen LogP contribution in [0.5, 0.6) is 0 Å². The van der Waals surface area contributed by atoms with E-state index in [1.807, 2.05) is 0 Å². The molecule has 0 aliphatic carbocycles. The predicted molar refractivity (Wildman–Crippen MR) is 54.0 cm³/mol. The van der Waals surface area contributed by atoms with Gasteiger partial charge in [-0.3, -0.25) is 9.59 Å². The summed E-state index contributed by atoms with van der Waals surface area (Å²) >= 11 is 0. The molecular formula is C7H13N3O5S. The number of primary amides is 1. The first-order valence-corrected chi connectivity index (χ1v) is 6.17. The van der Waals surface area contributed by atoms with Crippen LogP contribution in [0.25, 0.3) is 0 Å². The molecule has 1 amide bonds. The van der Waals surface area contributed by atoms with Crippen LogP contribution in [0.1, 0.15) is 0 Å². The number of hydrogen-bond acceptors (Lipinski definition) is 5. The fraction of sp³-hybridized carbons (Fsp3) is 0.714. The minimum atomic E-state index is -3.98. The normalized spacial score (nSPS) is 22.9. The lowest BCUT2D eigenvalue weighted by Gasteiger charge is -2.32. The molecular weight excluding hydrogens is 238 g/mol. The maximum atomic E-state index is 11.6. The van der Waals surface area contributed by atoms with Gasteiger partial charge in [-0.25, -0.2) is 8.42 Å². The zero-order valence-electron chi connectivity index (χ0n) is 8.42. The van der Waals surface area contributed by atoms with E-state index in [1.54, 1.807) is 0 Å². The molecule has 1 unspecified atom stereocenters. The number of nitrogens with two attached hydrogens (primary N) is 1. The van der Waals surface area contributed by atoms with Crippen LogP contribution in [-0.2, 0) is 19.6 Å². The molecule has 1 aliphatic heterocycles. The van der Waals surface area contributed by atoms with Crippen molar-refractivity contribution < 1.29 is 23.1 Å². The van der Waals surface area contributed by atoms with Gasteiger partial charge < -0.3 is 16.2 Å². The van der Waals surface area contributed by atoms with Crippen molar-refractivity contribution in [3.8, 4) is 0 Å². The van der Waals surface area contributed by atoms with Crippen LogP contribution >= 0.6 is 0 Å². The summed E-state index contributed by atoms with van der Waals surface area (Å²) in [6.45, 7) is 0.514. The van der Waals surface area contributed by atoms with Gasteiger partial charge in [-0.2, -0.15) is 4.31 Å². The fourth-order valence-corrected chi connectivity index (χ4v) is 2.91. The van der Waals surface area contributed by atoms with Gasteiger partial charge in [0, 0.05) is 19.6 Å². The van der Waals surface area contributed by atoms with Crippen molar-refractivity contribution in [3.05, 3.63) is 0 Å². The molecule has 0 bridgehead atoms. The largest absolute Gasteiger partial charge is 0.480 e. The number of aliphatic carboxylic acids is 1. The molecule has 1 aliphatic rings. The van der Waals surface area contributed by atoms with Gasteiger partial charge in [0.1, 0.15) is 6.04 Å². The first kappa shape index (κ1) is 12.9. The molecule has 1 atom stereocenters. The summed E-state index contributed by atoms with van der Waals surface area (Å²) in [5, 5.41) is 11.3. The maximum Gasteiger partial charge on any atom is 0.320 e. The third kappa shape index (κ3) is 2.90. The van der Waals surface area contributed by atoms with E-state index in [1.165, 1.54) is 0 Å². The monoisotopic (exact) mass is 251 g/mol. The van der Waals surface area contributed by atoms with Gasteiger partial charge in [0.15, 0.2) is 5.75 Å². The van der Waals surface area contributed by atoms with Crippen molar-refractivity contribution >= 4 is 21.9 Å². The number of amides is 1. The van der Waals surface area contributed by atoms with Gasteiger partial charge in [-0.15, -0.1) is 0 Å². The lowest BCUT2D eigenvalue weighted by atomic mass is 10.2. The summed E-state index contributed by atoms with van der Waals surface area (Å²) in [6, 6.07) is -1.02. The van der Waals surface area contributed by atoms with E-state index < -0.39 is 33.7 Å². The lowest BCUT2D eigenvalue weighted by molar-refractivity contribution is -0.134. The standard InChI is InChI=1S/C7H13N3O5S/c8-7(13)5-3-9-1-2-10(5)16(14,15)4-6(11)12/h5,9H,1-4H2,(H2,8,13)(H,11,12). The van der Waals surface area contributed by atoms with Crippen molar-refractivity contribution in [3.63, 3.8) is 0 Å². The fourth-order valence-electron chi connectivity index (χ4n) is 1.50. The first-order valence-electron chi connectivity index (χ1n) is 4.56. The molecule has 1 heterocycles. The van der Waals surface area contributed by atoms with Crippen LogP contribution in [-0.4, -0.2) is 61.1 Å². The highest BCUT2D eigenvalue weighted by Gasteiger charge is 2.36. The second kappa shape index (κ2) is 4.76. The van der Waals surface area contributed by atoms with Crippen LogP contribution < -0.4 is 11.1 Å². The molecule has 0 aromatic carbocycles. The smallest absolute Gasteiger partial charge is 0.320 e. The molecule has 0 spiro atoms. The molecule has 0 radical (unpaired) electrons. The summed E-state index contributed by atoms with van der Waals surface area (Å²) in [4.78, 5) is 21.4. The third-order valence-electron chi connectivity index (χ3n) is 2.19. The molecule has 1 saturated heterocycles. The Labute approximate surface area is 92.5 Å². The third-order valence-corrected chi connectivity index (χ3v) is 3.95. The zero-order valence-corrected chi connectivity index (χ0v) is 9.24. The van der Waals surface area contributed by atoms with Crippen LogP contribution in [0.15, 0.2) is 0 Å². The van der Waals surface area contributed by atoms with Gasteiger partial charge in [0.2, 0.25) is 15.9 Å². The van der Waals surface area contributed by atoms with E-state index >= 15 is 0 Å². The van der Waals surface area contributed by atoms with Gasteiger partial charge >= 0.3 is 5.97 Å². The van der Waals surface area contributed by atoms with E-state index in [4.69, 9.17) is 10.8 Å². The number of nitrogens with one attached hydrogen (secondary N) is 1. The van der Waals surface area contributed by atoms with Crippen molar-refractivity contribution in [1.82, 2.24) is 9.62 Å². The number of rotatable bonds is 4. The maximum absolute atomic E-state index is 11.6. The Morgan fingerprint density at radius 3 is 2.62 bits per heavy atom. The van der Waals surface area contributed by atoms with Crippen molar-refractivity contribution in [2.75, 3.05) is 25.4 Å². The molecule has 0 aromatic heterocycles. The minimum absolute atomic E-state index is 0.0449. The number of nitrogens with zero attached hydrogens (tertiary/aromatic N) is 1. The van der Waals surface area contributed by atoms with Gasteiger partial charge in [0.05, 0.1) is 0 Å². The van der Waals surface area contributed by atoms with E-state index in [-0.39, 0.29) is 13.1 Å². The van der Waals surface area contributed by atoms with Crippen LogP contribution in [0.4, 0.5) is 0 Å². The van der Waals surface area contributed by atoms with Crippen molar-refractivity contribution in [2.45, 2.75) is 6.04 Å². The highest BCUT2D eigenvalue weighted by Crippen LogP contribution is 2.10. The summed E-state index contributed by atoms with van der Waals surface area (Å²) in [5.41, 5.74) is 5.05. The van der Waals surface area contributed by atoms with E-state index in [2.05, 4.69) is 5.32 Å². The van der Waals surface area contributed by atoms with Crippen molar-refractivity contribution in [1.29, 1.82) is 0 Å². The number of carboxylic acids is 1. The van der Waals surface area contributed by atoms with Gasteiger partial charge in [0.25, 0.3) is 0 Å². The Balaban J connectivity index is 2.90. The quantitative estimate of drug-likeness (QED) is 0.493. The molecule has 1 fully saturated rings. The molecule has 8 nitrogen and oxygen atoms in total. The number of carbonyl (C=O) groups excluding carboxylic acids is 1. The predicted octanol–water partition coefficient (Wildman–Crippen LogP) is -2.84. The summed E-state index contributed by atoms with van der Waals surface area (Å²) in [5.74, 6) is -3.28. The highest BCUT2D eigenvalue weighted by atomic mass is 32.2. The van der Waals surface area contributed by atoms with E-state index in [9.17, 15) is 18.0 Å². The molecule has 0 saturated carbocycles. The average Bonchev–Trinajstić information content (AvgIpc) is 2.15. The molecule has 4 N–H and O–H groups in total. The molecule has 9 heteroatoms. The molecule has 0 aromatic rings. The molecule has 1 rings (SSSR count). The summed E-state index contributed by atoms with van der Waals surface area (Å²) < 4.78 is 24.1. The van der Waals surface area contributed by atoms with Crippen molar-refractivity contribution in [2.24, 2.45) is 5.73 Å². The average molecular weight is 251 g/mol. The number of piperazine rings is 1. The number of sulfonamides is 1. The minimum Gasteiger partial charge on any atom is -0.480 e. The second-order valence-corrected chi connectivity index (χ2v) is 5.30. The Morgan fingerprint density at radius 2 is 2.12 bits per heavy atom. The Bertz CT molecular complexity index is 393. The van der Waals surface area contributed by atoms with Crippen LogP contribution in [0.2, 0.25) is 0 Å².